The zero-order chi connectivity index (χ0) is 11.5. The van der Waals surface area contributed by atoms with E-state index in [0.29, 0.717) is 17.8 Å². The maximum atomic E-state index is 10.2. The molecule has 0 aromatic carbocycles. The first kappa shape index (κ1) is 12.4. The molecule has 0 aliphatic heterocycles. The number of aliphatic hydroxyl groups excluding tert-OH is 2. The van der Waals surface area contributed by atoms with Gasteiger partial charge in [0.15, 0.2) is 0 Å². The Morgan fingerprint density at radius 3 is 2.25 bits per heavy atom. The number of hydrogen-bond acceptors (Lipinski definition) is 2. The minimum atomic E-state index is -0.156. The van der Waals surface area contributed by atoms with Crippen LogP contribution in [0.1, 0.15) is 58.3 Å². The molecule has 0 saturated heterocycles. The Labute approximate surface area is 99.1 Å². The van der Waals surface area contributed by atoms with E-state index >= 15 is 0 Å². The molecule has 2 aliphatic rings. The standard InChI is InChI=1S/C14H26O2/c1-2-10-6-5-9-13(16)14(10)11-7-3-4-8-12(11)15/h10-16H,2-9H2,1H3. The van der Waals surface area contributed by atoms with Crippen LogP contribution in [0.25, 0.3) is 0 Å². The molecule has 0 spiro atoms. The molecule has 0 amide bonds. The van der Waals surface area contributed by atoms with Crippen LogP contribution in [-0.4, -0.2) is 22.4 Å². The molecule has 0 heterocycles. The first-order chi connectivity index (χ1) is 7.74. The highest BCUT2D eigenvalue weighted by atomic mass is 16.3. The lowest BCUT2D eigenvalue weighted by atomic mass is 9.65. The third-order valence-corrected chi connectivity index (χ3v) is 4.86. The average Bonchev–Trinajstić information content (AvgIpc) is 2.30. The van der Waals surface area contributed by atoms with Crippen LogP contribution >= 0.6 is 0 Å². The molecule has 94 valence electrons. The van der Waals surface area contributed by atoms with E-state index in [1.165, 1.54) is 19.3 Å². The van der Waals surface area contributed by atoms with Crippen LogP contribution in [0.15, 0.2) is 0 Å². The zero-order valence-electron chi connectivity index (χ0n) is 10.4. The summed E-state index contributed by atoms with van der Waals surface area (Å²) in [7, 11) is 0. The average molecular weight is 226 g/mol. The van der Waals surface area contributed by atoms with E-state index in [4.69, 9.17) is 0 Å². The lowest BCUT2D eigenvalue weighted by Gasteiger charge is -2.43. The summed E-state index contributed by atoms with van der Waals surface area (Å²) in [6.45, 7) is 2.23. The fourth-order valence-corrected chi connectivity index (χ4v) is 3.99. The van der Waals surface area contributed by atoms with Gasteiger partial charge in [-0.05, 0) is 43.4 Å². The second-order valence-electron chi connectivity index (χ2n) is 5.76. The normalized spacial score (nSPS) is 45.6. The number of hydrogen-bond donors (Lipinski definition) is 2. The van der Waals surface area contributed by atoms with Crippen LogP contribution in [0, 0.1) is 17.8 Å². The summed E-state index contributed by atoms with van der Waals surface area (Å²) in [4.78, 5) is 0. The van der Waals surface area contributed by atoms with Crippen molar-refractivity contribution in [3.63, 3.8) is 0 Å². The van der Waals surface area contributed by atoms with Crippen LogP contribution in [0.4, 0.5) is 0 Å². The largest absolute Gasteiger partial charge is 0.393 e. The Bertz CT molecular complexity index is 217. The van der Waals surface area contributed by atoms with Gasteiger partial charge >= 0.3 is 0 Å². The summed E-state index contributed by atoms with van der Waals surface area (Å²) >= 11 is 0. The molecule has 5 atom stereocenters. The summed E-state index contributed by atoms with van der Waals surface area (Å²) < 4.78 is 0. The third-order valence-electron chi connectivity index (χ3n) is 4.86. The minimum absolute atomic E-state index is 0.152. The molecule has 2 nitrogen and oxygen atoms in total. The van der Waals surface area contributed by atoms with Crippen molar-refractivity contribution in [2.24, 2.45) is 17.8 Å². The maximum Gasteiger partial charge on any atom is 0.0574 e. The number of aliphatic hydroxyl groups is 2. The molecule has 0 aromatic heterocycles. The van der Waals surface area contributed by atoms with Crippen LogP contribution in [0.2, 0.25) is 0 Å². The number of rotatable bonds is 2. The Morgan fingerprint density at radius 1 is 0.875 bits per heavy atom. The van der Waals surface area contributed by atoms with Gasteiger partial charge in [-0.25, -0.2) is 0 Å². The third kappa shape index (κ3) is 2.43. The van der Waals surface area contributed by atoms with E-state index in [1.54, 1.807) is 0 Å². The van der Waals surface area contributed by atoms with E-state index in [2.05, 4.69) is 6.92 Å². The van der Waals surface area contributed by atoms with Gasteiger partial charge in [-0.3, -0.25) is 0 Å². The van der Waals surface area contributed by atoms with Gasteiger partial charge in [0.05, 0.1) is 12.2 Å². The van der Waals surface area contributed by atoms with Gasteiger partial charge < -0.3 is 10.2 Å². The highest BCUT2D eigenvalue weighted by Crippen LogP contribution is 2.42. The predicted octanol–water partition coefficient (Wildman–Crippen LogP) is 2.72. The molecule has 2 saturated carbocycles. The van der Waals surface area contributed by atoms with Crippen molar-refractivity contribution in [3.05, 3.63) is 0 Å². The SMILES string of the molecule is CCC1CCCC(O)C1C1CCCCC1O. The van der Waals surface area contributed by atoms with Crippen molar-refractivity contribution in [2.45, 2.75) is 70.5 Å². The van der Waals surface area contributed by atoms with Gasteiger partial charge in [0.2, 0.25) is 0 Å². The van der Waals surface area contributed by atoms with Crippen molar-refractivity contribution >= 4 is 0 Å². The molecule has 5 unspecified atom stereocenters. The van der Waals surface area contributed by atoms with E-state index in [9.17, 15) is 10.2 Å². The summed E-state index contributed by atoms with van der Waals surface area (Å²) in [5.41, 5.74) is 0. The van der Waals surface area contributed by atoms with Crippen molar-refractivity contribution in [3.8, 4) is 0 Å². The highest BCUT2D eigenvalue weighted by molar-refractivity contribution is 4.90. The van der Waals surface area contributed by atoms with Gasteiger partial charge in [0, 0.05) is 0 Å². The van der Waals surface area contributed by atoms with Gasteiger partial charge in [0.1, 0.15) is 0 Å². The summed E-state index contributed by atoms with van der Waals surface area (Å²) in [6.07, 6.45) is 8.69. The lowest BCUT2D eigenvalue weighted by molar-refractivity contribution is -0.0596. The molecule has 0 bridgehead atoms. The highest BCUT2D eigenvalue weighted by Gasteiger charge is 2.40. The Morgan fingerprint density at radius 2 is 1.56 bits per heavy atom. The van der Waals surface area contributed by atoms with E-state index < -0.39 is 0 Å². The Kier molecular flexibility index (Phi) is 4.26. The maximum absolute atomic E-state index is 10.2. The Balaban J connectivity index is 2.07. The molecular weight excluding hydrogens is 200 g/mol. The molecule has 0 radical (unpaired) electrons. The Hall–Kier alpha value is -0.0800. The molecule has 2 heteroatoms. The first-order valence-corrected chi connectivity index (χ1v) is 7.10. The quantitative estimate of drug-likeness (QED) is 0.760. The molecule has 2 rings (SSSR count). The smallest absolute Gasteiger partial charge is 0.0574 e. The topological polar surface area (TPSA) is 40.5 Å². The van der Waals surface area contributed by atoms with Crippen LogP contribution in [0.5, 0.6) is 0 Å². The second kappa shape index (κ2) is 5.50. The molecule has 2 N–H and O–H groups in total. The predicted molar refractivity (Wildman–Crippen MR) is 65.1 cm³/mol. The monoisotopic (exact) mass is 226 g/mol. The fraction of sp³-hybridized carbons (Fsp3) is 1.00. The molecule has 0 aromatic rings. The molecular formula is C14H26O2. The van der Waals surface area contributed by atoms with Crippen LogP contribution < -0.4 is 0 Å². The molecule has 2 fully saturated rings. The second-order valence-corrected chi connectivity index (χ2v) is 5.76. The first-order valence-electron chi connectivity index (χ1n) is 7.10. The van der Waals surface area contributed by atoms with Crippen molar-refractivity contribution in [1.29, 1.82) is 0 Å². The van der Waals surface area contributed by atoms with Crippen molar-refractivity contribution < 1.29 is 10.2 Å². The summed E-state index contributed by atoms with van der Waals surface area (Å²) in [5, 5.41) is 20.4. The van der Waals surface area contributed by atoms with Gasteiger partial charge in [-0.15, -0.1) is 0 Å². The van der Waals surface area contributed by atoms with Crippen molar-refractivity contribution in [2.75, 3.05) is 0 Å². The van der Waals surface area contributed by atoms with E-state index in [-0.39, 0.29) is 12.2 Å². The fourth-order valence-electron chi connectivity index (χ4n) is 3.99. The van der Waals surface area contributed by atoms with Crippen LogP contribution in [-0.2, 0) is 0 Å². The van der Waals surface area contributed by atoms with E-state index in [1.807, 2.05) is 0 Å². The van der Waals surface area contributed by atoms with Gasteiger partial charge in [0.25, 0.3) is 0 Å². The zero-order valence-corrected chi connectivity index (χ0v) is 10.4. The minimum Gasteiger partial charge on any atom is -0.393 e. The van der Waals surface area contributed by atoms with Gasteiger partial charge in [-0.2, -0.15) is 0 Å². The molecule has 16 heavy (non-hydrogen) atoms. The van der Waals surface area contributed by atoms with Crippen molar-refractivity contribution in [1.82, 2.24) is 0 Å². The van der Waals surface area contributed by atoms with Crippen LogP contribution in [0.3, 0.4) is 0 Å². The lowest BCUT2D eigenvalue weighted by Crippen LogP contribution is -2.43. The summed E-state index contributed by atoms with van der Waals surface area (Å²) in [6, 6.07) is 0. The van der Waals surface area contributed by atoms with Gasteiger partial charge in [-0.1, -0.05) is 32.6 Å². The van der Waals surface area contributed by atoms with E-state index in [0.717, 1.165) is 32.1 Å². The summed E-state index contributed by atoms with van der Waals surface area (Å²) in [5.74, 6) is 1.38. The molecule has 2 aliphatic carbocycles.